The van der Waals surface area contributed by atoms with Crippen LogP contribution in [0.4, 0.5) is 0 Å². The van der Waals surface area contributed by atoms with Gasteiger partial charge in [-0.1, -0.05) is 18.6 Å². The van der Waals surface area contributed by atoms with Gasteiger partial charge in [0.05, 0.1) is 13.2 Å². The average molecular weight is 236 g/mol. The molecule has 0 spiro atoms. The molecular weight excluding hydrogens is 216 g/mol. The standard InChI is InChI=1S/C14H20O3/c1-15-9-10-16-13-7-2-3-8-14(13)17-11-12-5-4-6-12/h2-3,7-8,12H,4-6,9-11H2,1H3. The summed E-state index contributed by atoms with van der Waals surface area (Å²) in [6, 6.07) is 7.82. The molecule has 0 aromatic heterocycles. The minimum absolute atomic E-state index is 0.556. The molecule has 1 aliphatic rings. The van der Waals surface area contributed by atoms with Gasteiger partial charge in [-0.05, 0) is 30.9 Å². The number of ether oxygens (including phenoxy) is 3. The molecule has 1 aromatic carbocycles. The lowest BCUT2D eigenvalue weighted by atomic mass is 9.86. The quantitative estimate of drug-likeness (QED) is 0.681. The van der Waals surface area contributed by atoms with Crippen LogP contribution in [-0.4, -0.2) is 26.9 Å². The molecule has 2 rings (SSSR count). The Morgan fingerprint density at radius 3 is 2.35 bits per heavy atom. The highest BCUT2D eigenvalue weighted by molar-refractivity contribution is 5.39. The van der Waals surface area contributed by atoms with Crippen molar-refractivity contribution in [1.82, 2.24) is 0 Å². The van der Waals surface area contributed by atoms with Gasteiger partial charge in [0.1, 0.15) is 6.61 Å². The van der Waals surface area contributed by atoms with E-state index in [0.717, 1.165) is 24.0 Å². The Balaban J connectivity index is 1.85. The lowest BCUT2D eigenvalue weighted by molar-refractivity contribution is 0.138. The fraction of sp³-hybridized carbons (Fsp3) is 0.571. The minimum atomic E-state index is 0.556. The molecule has 0 unspecified atom stereocenters. The second-order valence-corrected chi connectivity index (χ2v) is 4.40. The molecule has 94 valence electrons. The summed E-state index contributed by atoms with van der Waals surface area (Å²) >= 11 is 0. The Morgan fingerprint density at radius 2 is 1.76 bits per heavy atom. The van der Waals surface area contributed by atoms with Crippen LogP contribution in [-0.2, 0) is 4.74 Å². The van der Waals surface area contributed by atoms with Crippen LogP contribution in [0.1, 0.15) is 19.3 Å². The molecule has 0 amide bonds. The lowest BCUT2D eigenvalue weighted by Crippen LogP contribution is -2.19. The average Bonchev–Trinajstić information content (AvgIpc) is 2.29. The van der Waals surface area contributed by atoms with E-state index in [1.54, 1.807) is 7.11 Å². The van der Waals surface area contributed by atoms with Gasteiger partial charge in [-0.3, -0.25) is 0 Å². The van der Waals surface area contributed by atoms with Crippen molar-refractivity contribution in [3.63, 3.8) is 0 Å². The molecule has 0 saturated heterocycles. The number of hydrogen-bond donors (Lipinski definition) is 0. The van der Waals surface area contributed by atoms with E-state index in [2.05, 4.69) is 0 Å². The molecule has 0 bridgehead atoms. The first-order valence-corrected chi connectivity index (χ1v) is 6.23. The zero-order chi connectivity index (χ0) is 11.9. The first-order chi connectivity index (χ1) is 8.40. The maximum Gasteiger partial charge on any atom is 0.161 e. The highest BCUT2D eigenvalue weighted by Gasteiger charge is 2.18. The number of rotatable bonds is 7. The summed E-state index contributed by atoms with van der Waals surface area (Å²) in [7, 11) is 1.67. The Kier molecular flexibility index (Phi) is 4.68. The Morgan fingerprint density at radius 1 is 1.06 bits per heavy atom. The molecule has 0 atom stereocenters. The summed E-state index contributed by atoms with van der Waals surface area (Å²) in [5.41, 5.74) is 0. The second-order valence-electron chi connectivity index (χ2n) is 4.40. The second kappa shape index (κ2) is 6.50. The third-order valence-corrected chi connectivity index (χ3v) is 3.09. The predicted molar refractivity (Wildman–Crippen MR) is 66.6 cm³/mol. The molecule has 0 heterocycles. The van der Waals surface area contributed by atoms with E-state index in [1.807, 2.05) is 24.3 Å². The van der Waals surface area contributed by atoms with Crippen molar-refractivity contribution >= 4 is 0 Å². The van der Waals surface area contributed by atoms with Crippen LogP contribution in [0, 0.1) is 5.92 Å². The number of methoxy groups -OCH3 is 1. The number of benzene rings is 1. The van der Waals surface area contributed by atoms with Crippen LogP contribution in [0.3, 0.4) is 0 Å². The van der Waals surface area contributed by atoms with Crippen molar-refractivity contribution in [1.29, 1.82) is 0 Å². The van der Waals surface area contributed by atoms with Crippen LogP contribution in [0.5, 0.6) is 11.5 Å². The molecule has 1 fully saturated rings. The first kappa shape index (κ1) is 12.2. The summed E-state index contributed by atoms with van der Waals surface area (Å²) in [5.74, 6) is 2.39. The Bertz CT molecular complexity index is 334. The van der Waals surface area contributed by atoms with Gasteiger partial charge in [-0.15, -0.1) is 0 Å². The van der Waals surface area contributed by atoms with Gasteiger partial charge in [0, 0.05) is 7.11 Å². The fourth-order valence-electron chi connectivity index (χ4n) is 1.79. The van der Waals surface area contributed by atoms with Crippen molar-refractivity contribution in [2.24, 2.45) is 5.92 Å². The van der Waals surface area contributed by atoms with E-state index in [1.165, 1.54) is 19.3 Å². The molecular formula is C14H20O3. The summed E-state index contributed by atoms with van der Waals surface area (Å²) < 4.78 is 16.4. The van der Waals surface area contributed by atoms with Crippen LogP contribution in [0.15, 0.2) is 24.3 Å². The van der Waals surface area contributed by atoms with Gasteiger partial charge in [-0.2, -0.15) is 0 Å². The summed E-state index contributed by atoms with van der Waals surface area (Å²) in [6.07, 6.45) is 3.94. The smallest absolute Gasteiger partial charge is 0.161 e. The summed E-state index contributed by atoms with van der Waals surface area (Å²) in [5, 5.41) is 0. The lowest BCUT2D eigenvalue weighted by Gasteiger charge is -2.25. The van der Waals surface area contributed by atoms with Crippen LogP contribution in [0.25, 0.3) is 0 Å². The predicted octanol–water partition coefficient (Wildman–Crippen LogP) is 2.89. The van der Waals surface area contributed by atoms with E-state index < -0.39 is 0 Å². The zero-order valence-corrected chi connectivity index (χ0v) is 10.4. The Labute approximate surface area is 103 Å². The molecule has 1 aliphatic carbocycles. The largest absolute Gasteiger partial charge is 0.489 e. The highest BCUT2D eigenvalue weighted by Crippen LogP contribution is 2.30. The third kappa shape index (κ3) is 3.63. The van der Waals surface area contributed by atoms with Gasteiger partial charge in [0.2, 0.25) is 0 Å². The molecule has 17 heavy (non-hydrogen) atoms. The number of hydrogen-bond acceptors (Lipinski definition) is 3. The number of para-hydroxylation sites is 2. The maximum atomic E-state index is 5.81. The minimum Gasteiger partial charge on any atom is -0.489 e. The summed E-state index contributed by atoms with van der Waals surface area (Å²) in [6.45, 7) is 1.96. The van der Waals surface area contributed by atoms with E-state index in [-0.39, 0.29) is 0 Å². The van der Waals surface area contributed by atoms with Gasteiger partial charge in [0.15, 0.2) is 11.5 Å². The van der Waals surface area contributed by atoms with Gasteiger partial charge >= 0.3 is 0 Å². The van der Waals surface area contributed by atoms with Gasteiger partial charge in [0.25, 0.3) is 0 Å². The van der Waals surface area contributed by atoms with E-state index in [9.17, 15) is 0 Å². The van der Waals surface area contributed by atoms with Gasteiger partial charge < -0.3 is 14.2 Å². The normalized spacial score (nSPS) is 15.4. The van der Waals surface area contributed by atoms with Crippen molar-refractivity contribution in [2.45, 2.75) is 19.3 Å². The van der Waals surface area contributed by atoms with Crippen molar-refractivity contribution in [2.75, 3.05) is 26.9 Å². The fourth-order valence-corrected chi connectivity index (χ4v) is 1.79. The van der Waals surface area contributed by atoms with Gasteiger partial charge in [-0.25, -0.2) is 0 Å². The van der Waals surface area contributed by atoms with E-state index >= 15 is 0 Å². The summed E-state index contributed by atoms with van der Waals surface area (Å²) in [4.78, 5) is 0. The molecule has 1 aromatic rings. The van der Waals surface area contributed by atoms with Crippen molar-refractivity contribution < 1.29 is 14.2 Å². The highest BCUT2D eigenvalue weighted by atomic mass is 16.5. The van der Waals surface area contributed by atoms with Crippen LogP contribution < -0.4 is 9.47 Å². The molecule has 0 aliphatic heterocycles. The zero-order valence-electron chi connectivity index (χ0n) is 10.4. The molecule has 1 saturated carbocycles. The van der Waals surface area contributed by atoms with Crippen LogP contribution in [0.2, 0.25) is 0 Å². The SMILES string of the molecule is COCCOc1ccccc1OCC1CCC1. The van der Waals surface area contributed by atoms with Crippen molar-refractivity contribution in [3.8, 4) is 11.5 Å². The molecule has 0 N–H and O–H groups in total. The molecule has 0 radical (unpaired) electrons. The topological polar surface area (TPSA) is 27.7 Å². The van der Waals surface area contributed by atoms with Crippen LogP contribution >= 0.6 is 0 Å². The Hall–Kier alpha value is -1.22. The molecule has 3 nitrogen and oxygen atoms in total. The maximum absolute atomic E-state index is 5.81. The third-order valence-electron chi connectivity index (χ3n) is 3.09. The van der Waals surface area contributed by atoms with Crippen molar-refractivity contribution in [3.05, 3.63) is 24.3 Å². The van der Waals surface area contributed by atoms with E-state index in [0.29, 0.717) is 13.2 Å². The molecule has 3 heteroatoms. The first-order valence-electron chi connectivity index (χ1n) is 6.23. The van der Waals surface area contributed by atoms with E-state index in [4.69, 9.17) is 14.2 Å². The monoisotopic (exact) mass is 236 g/mol.